The van der Waals surface area contributed by atoms with Crippen molar-refractivity contribution in [1.82, 2.24) is 5.32 Å². The van der Waals surface area contributed by atoms with E-state index in [4.69, 9.17) is 0 Å². The number of amides is 1. The summed E-state index contributed by atoms with van der Waals surface area (Å²) in [5, 5.41) is 13.5. The Bertz CT molecular complexity index is 795. The van der Waals surface area contributed by atoms with Crippen LogP contribution in [0.3, 0.4) is 0 Å². The second-order valence-corrected chi connectivity index (χ2v) is 5.75. The average molecular weight is 322 g/mol. The first kappa shape index (κ1) is 15.9. The van der Waals surface area contributed by atoms with Crippen molar-refractivity contribution < 1.29 is 9.72 Å². The lowest BCUT2D eigenvalue weighted by atomic mass is 9.87. The Kier molecular flexibility index (Phi) is 4.70. The van der Waals surface area contributed by atoms with Gasteiger partial charge < -0.3 is 5.32 Å². The quantitative estimate of drug-likeness (QED) is 0.688. The molecule has 0 saturated heterocycles. The number of carbonyl (C=O) groups excluding carboxylic acids is 1. The predicted octanol–water partition coefficient (Wildman–Crippen LogP) is 3.74. The zero-order chi connectivity index (χ0) is 16.9. The summed E-state index contributed by atoms with van der Waals surface area (Å²) in [5.41, 5.74) is 4.29. The van der Waals surface area contributed by atoms with E-state index in [1.807, 2.05) is 6.07 Å². The van der Waals surface area contributed by atoms with Crippen molar-refractivity contribution in [3.8, 4) is 0 Å². The summed E-state index contributed by atoms with van der Waals surface area (Å²) in [6.07, 6.45) is 5.30. The van der Waals surface area contributed by atoms with Crippen molar-refractivity contribution in [3.05, 3.63) is 81.4 Å². The largest absolute Gasteiger partial charge is 0.349 e. The molecule has 2 aromatic carbocycles. The molecular weight excluding hydrogens is 304 g/mol. The van der Waals surface area contributed by atoms with Gasteiger partial charge in [0.25, 0.3) is 11.6 Å². The van der Waals surface area contributed by atoms with Gasteiger partial charge in [-0.2, -0.15) is 0 Å². The number of benzene rings is 2. The summed E-state index contributed by atoms with van der Waals surface area (Å²) in [6.45, 7) is 0.444. The van der Waals surface area contributed by atoms with Crippen LogP contribution in [0.15, 0.2) is 54.6 Å². The molecule has 5 heteroatoms. The molecule has 0 bridgehead atoms. The minimum atomic E-state index is -0.480. The number of allylic oxidation sites excluding steroid dienone is 1. The second kappa shape index (κ2) is 7.08. The first-order valence-corrected chi connectivity index (χ1v) is 7.95. The highest BCUT2D eigenvalue weighted by atomic mass is 16.6. The molecule has 0 atom stereocenters. The third-order valence-corrected chi connectivity index (χ3v) is 4.21. The molecule has 122 valence electrons. The molecule has 0 aromatic heterocycles. The van der Waals surface area contributed by atoms with Crippen LogP contribution in [-0.2, 0) is 6.42 Å². The summed E-state index contributed by atoms with van der Waals surface area (Å²) in [7, 11) is 0. The van der Waals surface area contributed by atoms with Gasteiger partial charge >= 0.3 is 0 Å². The lowest BCUT2D eigenvalue weighted by Crippen LogP contribution is -2.23. The Balaban J connectivity index is 1.64. The van der Waals surface area contributed by atoms with Gasteiger partial charge in [0.1, 0.15) is 0 Å². The lowest BCUT2D eigenvalue weighted by Gasteiger charge is -2.19. The molecule has 0 unspecified atom stereocenters. The lowest BCUT2D eigenvalue weighted by molar-refractivity contribution is -0.384. The van der Waals surface area contributed by atoms with Crippen LogP contribution in [0.1, 0.15) is 34.3 Å². The van der Waals surface area contributed by atoms with Crippen molar-refractivity contribution in [2.75, 3.05) is 6.54 Å². The molecular formula is C19H18N2O3. The molecule has 0 heterocycles. The number of fused-ring (bicyclic) bond motifs is 1. The number of nitrogens with one attached hydrogen (secondary N) is 1. The standard InChI is InChI=1S/C19H18N2O3/c22-19(16-8-10-17(11-9-16)21(23)24)20-13-12-15-6-3-5-14-4-1-2-7-18(14)15/h1-2,4,7-12H,3,5-6,13H2,(H,20,22)/b15-12+. The molecule has 1 aliphatic carbocycles. The molecule has 0 fully saturated rings. The number of hydrogen-bond donors (Lipinski definition) is 1. The maximum absolute atomic E-state index is 12.1. The number of nitrogens with zero attached hydrogens (tertiary/aromatic N) is 1. The third kappa shape index (κ3) is 3.51. The Hall–Kier alpha value is -2.95. The first-order valence-electron chi connectivity index (χ1n) is 7.95. The van der Waals surface area contributed by atoms with Gasteiger partial charge in [0.2, 0.25) is 0 Å². The number of nitro benzene ring substituents is 1. The molecule has 3 rings (SSSR count). The highest BCUT2D eigenvalue weighted by molar-refractivity contribution is 5.94. The van der Waals surface area contributed by atoms with Crippen molar-refractivity contribution in [1.29, 1.82) is 0 Å². The highest BCUT2D eigenvalue weighted by Gasteiger charge is 2.13. The molecule has 1 N–H and O–H groups in total. The van der Waals surface area contributed by atoms with Gasteiger partial charge in [-0.05, 0) is 48.1 Å². The van der Waals surface area contributed by atoms with Gasteiger partial charge in [-0.1, -0.05) is 30.3 Å². The van der Waals surface area contributed by atoms with Crippen LogP contribution in [0.4, 0.5) is 5.69 Å². The molecule has 0 saturated carbocycles. The van der Waals surface area contributed by atoms with Crippen LogP contribution in [0.5, 0.6) is 0 Å². The van der Waals surface area contributed by atoms with E-state index in [1.165, 1.54) is 41.0 Å². The molecule has 24 heavy (non-hydrogen) atoms. The zero-order valence-corrected chi connectivity index (χ0v) is 13.2. The van der Waals surface area contributed by atoms with Gasteiger partial charge in [-0.25, -0.2) is 0 Å². The minimum absolute atomic E-state index is 0.0209. The fourth-order valence-electron chi connectivity index (χ4n) is 2.97. The molecule has 2 aromatic rings. The predicted molar refractivity (Wildman–Crippen MR) is 92.8 cm³/mol. The monoisotopic (exact) mass is 322 g/mol. The number of hydrogen-bond acceptors (Lipinski definition) is 3. The molecule has 0 aliphatic heterocycles. The summed E-state index contributed by atoms with van der Waals surface area (Å²) < 4.78 is 0. The smallest absolute Gasteiger partial charge is 0.269 e. The third-order valence-electron chi connectivity index (χ3n) is 4.21. The van der Waals surface area contributed by atoms with E-state index >= 15 is 0 Å². The molecule has 1 amide bonds. The van der Waals surface area contributed by atoms with Crippen LogP contribution < -0.4 is 5.32 Å². The summed E-state index contributed by atoms with van der Waals surface area (Å²) in [5.74, 6) is -0.231. The van der Waals surface area contributed by atoms with Crippen molar-refractivity contribution in [2.24, 2.45) is 0 Å². The van der Waals surface area contributed by atoms with Gasteiger partial charge in [0, 0.05) is 24.2 Å². The van der Waals surface area contributed by atoms with Gasteiger partial charge in [-0.3, -0.25) is 14.9 Å². The highest BCUT2D eigenvalue weighted by Crippen LogP contribution is 2.30. The van der Waals surface area contributed by atoms with Gasteiger partial charge in [-0.15, -0.1) is 0 Å². The van der Waals surface area contributed by atoms with Crippen LogP contribution >= 0.6 is 0 Å². The summed E-state index contributed by atoms with van der Waals surface area (Å²) in [4.78, 5) is 22.3. The van der Waals surface area contributed by atoms with Crippen LogP contribution in [0.2, 0.25) is 0 Å². The molecule has 5 nitrogen and oxygen atoms in total. The van der Waals surface area contributed by atoms with E-state index in [-0.39, 0.29) is 11.6 Å². The Morgan fingerprint density at radius 1 is 1.12 bits per heavy atom. The summed E-state index contributed by atoms with van der Waals surface area (Å²) in [6, 6.07) is 14.0. The fraction of sp³-hybridized carbons (Fsp3) is 0.211. The van der Waals surface area contributed by atoms with Crippen LogP contribution in [-0.4, -0.2) is 17.4 Å². The van der Waals surface area contributed by atoms with Crippen LogP contribution in [0.25, 0.3) is 5.57 Å². The van der Waals surface area contributed by atoms with E-state index in [0.717, 1.165) is 19.3 Å². The van der Waals surface area contributed by atoms with E-state index in [1.54, 1.807) is 0 Å². The first-order chi connectivity index (χ1) is 11.6. The summed E-state index contributed by atoms with van der Waals surface area (Å²) >= 11 is 0. The second-order valence-electron chi connectivity index (χ2n) is 5.75. The number of aryl methyl sites for hydroxylation is 1. The Morgan fingerprint density at radius 2 is 1.88 bits per heavy atom. The van der Waals surface area contributed by atoms with E-state index < -0.39 is 4.92 Å². The van der Waals surface area contributed by atoms with Gasteiger partial charge in [0.15, 0.2) is 0 Å². The maximum atomic E-state index is 12.1. The van der Waals surface area contributed by atoms with Crippen molar-refractivity contribution in [3.63, 3.8) is 0 Å². The van der Waals surface area contributed by atoms with E-state index in [9.17, 15) is 14.9 Å². The minimum Gasteiger partial charge on any atom is -0.349 e. The number of rotatable bonds is 4. The molecule has 1 aliphatic rings. The Labute approximate surface area is 140 Å². The number of carbonyl (C=O) groups is 1. The number of non-ortho nitro benzene ring substituents is 1. The SMILES string of the molecule is O=C(NC/C=C1\CCCc2ccccc21)c1ccc([N+](=O)[O-])cc1. The average Bonchev–Trinajstić information content (AvgIpc) is 2.62. The van der Waals surface area contributed by atoms with Crippen molar-refractivity contribution >= 4 is 17.2 Å². The molecule has 0 radical (unpaired) electrons. The van der Waals surface area contributed by atoms with E-state index in [2.05, 4.69) is 29.6 Å². The topological polar surface area (TPSA) is 72.2 Å². The Morgan fingerprint density at radius 3 is 2.62 bits per heavy atom. The van der Waals surface area contributed by atoms with Crippen molar-refractivity contribution in [2.45, 2.75) is 19.3 Å². The van der Waals surface area contributed by atoms with Crippen LogP contribution in [0, 0.1) is 10.1 Å². The van der Waals surface area contributed by atoms with E-state index in [0.29, 0.717) is 12.1 Å². The number of nitro groups is 1. The normalized spacial score (nSPS) is 14.9. The zero-order valence-electron chi connectivity index (χ0n) is 13.2. The van der Waals surface area contributed by atoms with Gasteiger partial charge in [0.05, 0.1) is 4.92 Å². The fourth-order valence-corrected chi connectivity index (χ4v) is 2.97. The maximum Gasteiger partial charge on any atom is 0.269 e. The molecule has 0 spiro atoms.